The van der Waals surface area contributed by atoms with Gasteiger partial charge in [0.15, 0.2) is 11.9 Å². The average molecular weight is 386 g/mol. The molecule has 1 aliphatic carbocycles. The number of ether oxygens (including phenoxy) is 1. The Balaban J connectivity index is 1.73. The first-order valence-electron chi connectivity index (χ1n) is 8.65. The first kappa shape index (κ1) is 19.9. The van der Waals surface area contributed by atoms with E-state index in [0.29, 0.717) is 15.1 Å². The number of carbonyl (C=O) groups is 3. The van der Waals surface area contributed by atoms with E-state index in [9.17, 15) is 14.4 Å². The molecule has 0 bridgehead atoms. The highest BCUT2D eigenvalue weighted by molar-refractivity contribution is 7.18. The molecule has 0 saturated heterocycles. The summed E-state index contributed by atoms with van der Waals surface area (Å²) in [6.45, 7) is 3.69. The van der Waals surface area contributed by atoms with E-state index in [2.05, 4.69) is 12.2 Å². The molecule has 3 atom stereocenters. The molecule has 5 nitrogen and oxygen atoms in total. The molecule has 25 heavy (non-hydrogen) atoms. The lowest BCUT2D eigenvalue weighted by Crippen LogP contribution is -2.46. The van der Waals surface area contributed by atoms with Crippen molar-refractivity contribution in [2.45, 2.75) is 64.5 Å². The lowest BCUT2D eigenvalue weighted by atomic mass is 9.86. The second kappa shape index (κ2) is 9.34. The molecule has 1 saturated carbocycles. The maximum absolute atomic E-state index is 12.2. The summed E-state index contributed by atoms with van der Waals surface area (Å²) < 4.78 is 5.69. The van der Waals surface area contributed by atoms with Crippen LogP contribution in [0.15, 0.2) is 12.1 Å². The normalized spacial score (nSPS) is 21.4. The minimum atomic E-state index is -0.854. The molecular formula is C18H24ClNO4S. The maximum atomic E-state index is 12.2. The summed E-state index contributed by atoms with van der Waals surface area (Å²) in [5.41, 5.74) is 0. The van der Waals surface area contributed by atoms with Crippen LogP contribution in [0.5, 0.6) is 0 Å². The van der Waals surface area contributed by atoms with Crippen molar-refractivity contribution in [1.82, 2.24) is 5.32 Å². The highest BCUT2D eigenvalue weighted by Gasteiger charge is 2.26. The largest absolute Gasteiger partial charge is 0.453 e. The Morgan fingerprint density at radius 3 is 2.64 bits per heavy atom. The number of Topliss-reactive ketones (excluding diaryl/α,β-unsaturated/α-hetero) is 1. The molecule has 0 unspecified atom stereocenters. The van der Waals surface area contributed by atoms with Gasteiger partial charge in [-0.05, 0) is 37.8 Å². The number of nitrogens with one attached hydrogen (secondary N) is 1. The molecule has 1 N–H and O–H groups in total. The Labute approximate surface area is 157 Å². The zero-order valence-electron chi connectivity index (χ0n) is 14.5. The quantitative estimate of drug-likeness (QED) is 0.569. The van der Waals surface area contributed by atoms with Crippen LogP contribution in [-0.4, -0.2) is 29.8 Å². The third kappa shape index (κ3) is 6.12. The molecule has 1 aromatic heterocycles. The SMILES string of the molecule is C[C@@H]1CCCC[C@H]1NC(=O)[C@@H](C)OC(=O)CCC(=O)c1ccc(Cl)s1. The van der Waals surface area contributed by atoms with Gasteiger partial charge < -0.3 is 10.1 Å². The molecule has 0 aliphatic heterocycles. The van der Waals surface area contributed by atoms with Crippen molar-refractivity contribution < 1.29 is 19.1 Å². The van der Waals surface area contributed by atoms with Crippen LogP contribution in [0.25, 0.3) is 0 Å². The number of ketones is 1. The predicted molar refractivity (Wildman–Crippen MR) is 98.0 cm³/mol. The van der Waals surface area contributed by atoms with Gasteiger partial charge >= 0.3 is 5.97 Å². The van der Waals surface area contributed by atoms with Gasteiger partial charge in [0.05, 0.1) is 15.6 Å². The number of hydrogen-bond donors (Lipinski definition) is 1. The number of thiophene rings is 1. The highest BCUT2D eigenvalue weighted by atomic mass is 35.5. The van der Waals surface area contributed by atoms with Crippen LogP contribution < -0.4 is 5.32 Å². The molecule has 1 aliphatic rings. The van der Waals surface area contributed by atoms with E-state index in [0.717, 1.165) is 19.3 Å². The van der Waals surface area contributed by atoms with Gasteiger partial charge in [0.1, 0.15) is 0 Å². The molecule has 1 fully saturated rings. The summed E-state index contributed by atoms with van der Waals surface area (Å²) in [6, 6.07) is 3.44. The molecule has 1 amide bonds. The zero-order chi connectivity index (χ0) is 18.4. The van der Waals surface area contributed by atoms with Crippen molar-refractivity contribution >= 4 is 40.6 Å². The van der Waals surface area contributed by atoms with E-state index < -0.39 is 12.1 Å². The fourth-order valence-corrected chi connectivity index (χ4v) is 3.95. The second-order valence-electron chi connectivity index (χ2n) is 6.54. The molecular weight excluding hydrogens is 362 g/mol. The van der Waals surface area contributed by atoms with Crippen LogP contribution in [0.1, 0.15) is 62.0 Å². The molecule has 1 aromatic rings. The standard InChI is InChI=1S/C18H24ClNO4S/c1-11-5-3-4-6-13(11)20-18(23)12(2)24-17(22)10-7-14(21)15-8-9-16(19)25-15/h8-9,11-13H,3-7,10H2,1-2H3,(H,20,23)/t11-,12-,13-/m1/s1. The Hall–Kier alpha value is -1.40. The van der Waals surface area contributed by atoms with Crippen LogP contribution in [0.3, 0.4) is 0 Å². The van der Waals surface area contributed by atoms with Crippen LogP contribution in [0.4, 0.5) is 0 Å². The second-order valence-corrected chi connectivity index (χ2v) is 8.25. The number of esters is 1. The van der Waals surface area contributed by atoms with Crippen molar-refractivity contribution in [2.75, 3.05) is 0 Å². The molecule has 0 radical (unpaired) electrons. The van der Waals surface area contributed by atoms with Gasteiger partial charge in [-0.25, -0.2) is 0 Å². The lowest BCUT2D eigenvalue weighted by molar-refractivity contribution is -0.155. The molecule has 7 heteroatoms. The Morgan fingerprint density at radius 2 is 2.00 bits per heavy atom. The van der Waals surface area contributed by atoms with E-state index in [4.69, 9.17) is 16.3 Å². The van der Waals surface area contributed by atoms with Crippen LogP contribution in [-0.2, 0) is 14.3 Å². The van der Waals surface area contributed by atoms with Crippen molar-refractivity contribution in [3.63, 3.8) is 0 Å². The number of halogens is 1. The third-order valence-corrected chi connectivity index (χ3v) is 5.79. The third-order valence-electron chi connectivity index (χ3n) is 4.52. The monoisotopic (exact) mass is 385 g/mol. The maximum Gasteiger partial charge on any atom is 0.307 e. The number of hydrogen-bond acceptors (Lipinski definition) is 5. The summed E-state index contributed by atoms with van der Waals surface area (Å²) in [4.78, 5) is 36.5. The van der Waals surface area contributed by atoms with Gasteiger partial charge in [0.25, 0.3) is 5.91 Å². The Morgan fingerprint density at radius 1 is 1.28 bits per heavy atom. The highest BCUT2D eigenvalue weighted by Crippen LogP contribution is 2.24. The lowest BCUT2D eigenvalue weighted by Gasteiger charge is -2.30. The van der Waals surface area contributed by atoms with Crippen LogP contribution >= 0.6 is 22.9 Å². The number of amides is 1. The minimum absolute atomic E-state index is 0.0453. The molecule has 0 aromatic carbocycles. The molecule has 1 heterocycles. The Kier molecular flexibility index (Phi) is 7.44. The summed E-state index contributed by atoms with van der Waals surface area (Å²) in [5.74, 6) is -0.531. The predicted octanol–water partition coefficient (Wildman–Crippen LogP) is 3.99. The fraction of sp³-hybridized carbons (Fsp3) is 0.611. The topological polar surface area (TPSA) is 72.5 Å². The van der Waals surface area contributed by atoms with E-state index in [1.807, 2.05) is 0 Å². The average Bonchev–Trinajstić information content (AvgIpc) is 3.01. The van der Waals surface area contributed by atoms with Crippen molar-refractivity contribution in [3.05, 3.63) is 21.3 Å². The number of carbonyl (C=O) groups excluding carboxylic acids is 3. The summed E-state index contributed by atoms with van der Waals surface area (Å²) in [5, 5.41) is 2.97. The first-order valence-corrected chi connectivity index (χ1v) is 9.84. The summed E-state index contributed by atoms with van der Waals surface area (Å²) in [6.07, 6.45) is 3.52. The summed E-state index contributed by atoms with van der Waals surface area (Å²) >= 11 is 6.98. The van der Waals surface area contributed by atoms with Gasteiger partial charge in [-0.1, -0.05) is 31.4 Å². The van der Waals surface area contributed by atoms with E-state index in [-0.39, 0.29) is 30.6 Å². The van der Waals surface area contributed by atoms with Crippen molar-refractivity contribution in [2.24, 2.45) is 5.92 Å². The van der Waals surface area contributed by atoms with Crippen LogP contribution in [0.2, 0.25) is 4.34 Å². The van der Waals surface area contributed by atoms with Crippen molar-refractivity contribution in [3.8, 4) is 0 Å². The first-order chi connectivity index (χ1) is 11.9. The van der Waals surface area contributed by atoms with Gasteiger partial charge in [0.2, 0.25) is 0 Å². The number of rotatable bonds is 7. The van der Waals surface area contributed by atoms with Crippen molar-refractivity contribution in [1.29, 1.82) is 0 Å². The minimum Gasteiger partial charge on any atom is -0.453 e. The molecule has 138 valence electrons. The smallest absolute Gasteiger partial charge is 0.307 e. The molecule has 0 spiro atoms. The van der Waals surface area contributed by atoms with E-state index >= 15 is 0 Å². The van der Waals surface area contributed by atoms with Gasteiger partial charge in [-0.2, -0.15) is 0 Å². The van der Waals surface area contributed by atoms with Gasteiger partial charge in [-0.15, -0.1) is 11.3 Å². The van der Waals surface area contributed by atoms with Gasteiger partial charge in [0, 0.05) is 12.5 Å². The van der Waals surface area contributed by atoms with Crippen LogP contribution in [0, 0.1) is 5.92 Å². The summed E-state index contributed by atoms with van der Waals surface area (Å²) in [7, 11) is 0. The fourth-order valence-electron chi connectivity index (χ4n) is 2.94. The van der Waals surface area contributed by atoms with Gasteiger partial charge in [-0.3, -0.25) is 14.4 Å². The van der Waals surface area contributed by atoms with E-state index in [1.54, 1.807) is 19.1 Å². The zero-order valence-corrected chi connectivity index (χ0v) is 16.1. The molecule has 2 rings (SSSR count). The van der Waals surface area contributed by atoms with E-state index in [1.165, 1.54) is 17.8 Å². The Bertz CT molecular complexity index is 630.